The SMILES string of the molecule is Cc1cc(CN2C[C@@H](N3CCN(C)CC3)[C@H]3OCCC[C@H]32)oc1C.O=C(O)C(F)(F)F.O=C(O)C(F)(F)F.O=C(O)C(F)(F)F. The summed E-state index contributed by atoms with van der Waals surface area (Å²) in [5.74, 6) is -6.11. The Morgan fingerprint density at radius 3 is 1.64 bits per heavy atom. The number of aliphatic carboxylic acids is 3. The second-order valence-corrected chi connectivity index (χ2v) is 10.2. The van der Waals surface area contributed by atoms with Crippen molar-refractivity contribution in [3.05, 3.63) is 23.2 Å². The van der Waals surface area contributed by atoms with Gasteiger partial charge in [0.1, 0.15) is 11.5 Å². The number of likely N-dealkylation sites (N-methyl/N-ethyl adjacent to an activating group) is 1. The van der Waals surface area contributed by atoms with Crippen LogP contribution in [0.15, 0.2) is 10.5 Å². The number of carboxylic acid groups (broad SMARTS) is 3. The van der Waals surface area contributed by atoms with Gasteiger partial charge in [0.25, 0.3) is 0 Å². The van der Waals surface area contributed by atoms with Crippen molar-refractivity contribution in [2.45, 2.75) is 70.0 Å². The molecule has 20 heteroatoms. The summed E-state index contributed by atoms with van der Waals surface area (Å²) >= 11 is 0. The third kappa shape index (κ3) is 13.4. The van der Waals surface area contributed by atoms with Gasteiger partial charge in [-0.05, 0) is 45.4 Å². The second kappa shape index (κ2) is 16.5. The Kier molecular flexibility index (Phi) is 14.6. The minimum absolute atomic E-state index is 0.374. The maximum Gasteiger partial charge on any atom is 0.490 e. The summed E-state index contributed by atoms with van der Waals surface area (Å²) < 4.78 is 107. The van der Waals surface area contributed by atoms with Gasteiger partial charge in [0, 0.05) is 45.4 Å². The molecule has 4 heterocycles. The molecule has 3 aliphatic rings. The molecule has 11 nitrogen and oxygen atoms in total. The topological polar surface area (TPSA) is 144 Å². The van der Waals surface area contributed by atoms with Crippen molar-refractivity contribution < 1.29 is 78.4 Å². The Balaban J connectivity index is 0.000000396. The van der Waals surface area contributed by atoms with Crippen molar-refractivity contribution in [1.29, 1.82) is 0 Å². The van der Waals surface area contributed by atoms with Gasteiger partial charge in [-0.1, -0.05) is 0 Å². The van der Waals surface area contributed by atoms with Gasteiger partial charge >= 0.3 is 36.4 Å². The van der Waals surface area contributed by atoms with Crippen molar-refractivity contribution in [2.75, 3.05) is 46.4 Å². The molecule has 0 unspecified atom stereocenters. The minimum Gasteiger partial charge on any atom is -0.475 e. The van der Waals surface area contributed by atoms with Crippen molar-refractivity contribution in [3.63, 3.8) is 0 Å². The van der Waals surface area contributed by atoms with Crippen LogP contribution >= 0.6 is 0 Å². The number of hydrogen-bond acceptors (Lipinski definition) is 8. The third-order valence-electron chi connectivity index (χ3n) is 6.91. The monoisotopic (exact) mass is 675 g/mol. The van der Waals surface area contributed by atoms with E-state index in [0.717, 1.165) is 31.2 Å². The molecule has 0 radical (unpaired) electrons. The number of nitrogens with zero attached hydrogens (tertiary/aromatic N) is 3. The van der Waals surface area contributed by atoms with Crippen LogP contribution in [0.3, 0.4) is 0 Å². The predicted molar refractivity (Wildman–Crippen MR) is 135 cm³/mol. The molecule has 0 amide bonds. The summed E-state index contributed by atoms with van der Waals surface area (Å²) in [7, 11) is 2.22. The molecular weight excluding hydrogens is 641 g/mol. The molecule has 3 N–H and O–H groups in total. The number of aryl methyl sites for hydroxylation is 2. The number of ether oxygens (including phenoxy) is 1. The van der Waals surface area contributed by atoms with Crippen LogP contribution in [0.5, 0.6) is 0 Å². The first kappa shape index (κ1) is 39.9. The highest BCUT2D eigenvalue weighted by molar-refractivity contribution is 5.73. The highest BCUT2D eigenvalue weighted by Crippen LogP contribution is 2.33. The smallest absolute Gasteiger partial charge is 0.475 e. The van der Waals surface area contributed by atoms with E-state index in [1.165, 1.54) is 44.6 Å². The van der Waals surface area contributed by atoms with Gasteiger partial charge in [-0.3, -0.25) is 9.80 Å². The molecular formula is C25H34F9N3O8. The van der Waals surface area contributed by atoms with Crippen molar-refractivity contribution in [3.8, 4) is 0 Å². The molecule has 0 spiro atoms. The summed E-state index contributed by atoms with van der Waals surface area (Å²) in [6.07, 6.45) is -12.4. The first-order valence-electron chi connectivity index (χ1n) is 13.2. The zero-order valence-corrected chi connectivity index (χ0v) is 24.3. The van der Waals surface area contributed by atoms with Crippen LogP contribution < -0.4 is 0 Å². The predicted octanol–water partition coefficient (Wildman–Crippen LogP) is 3.78. The zero-order chi connectivity index (χ0) is 34.9. The van der Waals surface area contributed by atoms with Crippen molar-refractivity contribution >= 4 is 17.9 Å². The largest absolute Gasteiger partial charge is 0.490 e. The number of carboxylic acids is 3. The fraction of sp³-hybridized carbons (Fsp3) is 0.720. The first-order chi connectivity index (χ1) is 20.4. The maximum absolute atomic E-state index is 10.6. The first-order valence-corrected chi connectivity index (χ1v) is 13.2. The minimum atomic E-state index is -5.08. The van der Waals surface area contributed by atoms with Gasteiger partial charge < -0.3 is 29.4 Å². The van der Waals surface area contributed by atoms with Crippen LogP contribution in [0, 0.1) is 13.8 Å². The number of carbonyl (C=O) groups is 3. The average molecular weight is 676 g/mol. The number of rotatable bonds is 3. The Labute approximate surface area is 251 Å². The van der Waals surface area contributed by atoms with Crippen LogP contribution in [0.4, 0.5) is 39.5 Å². The van der Waals surface area contributed by atoms with E-state index in [2.05, 4.69) is 41.7 Å². The van der Waals surface area contributed by atoms with E-state index in [-0.39, 0.29) is 0 Å². The standard InChI is InChI=1S/C19H31N3O2.3C2HF3O2/c1-14-11-16(24-15(14)2)12-22-13-18(19-17(22)5-4-10-23-19)21-8-6-20(3)7-9-21;3*3-2(4,5)1(6)7/h11,17-19H,4-10,12-13H2,1-3H3;3*(H,6,7)/t17-,18-,19+;;;/m1.../s1. The van der Waals surface area contributed by atoms with Gasteiger partial charge in [-0.25, -0.2) is 14.4 Å². The molecule has 3 saturated heterocycles. The Morgan fingerprint density at radius 2 is 1.27 bits per heavy atom. The summed E-state index contributed by atoms with van der Waals surface area (Å²) in [5.41, 5.74) is 1.26. The normalized spacial score (nSPS) is 22.9. The van der Waals surface area contributed by atoms with Gasteiger partial charge in [-0.15, -0.1) is 0 Å². The fourth-order valence-corrected chi connectivity index (χ4v) is 4.61. The fourth-order valence-electron chi connectivity index (χ4n) is 4.61. The molecule has 1 aromatic heterocycles. The Bertz CT molecular complexity index is 1040. The number of furan rings is 1. The molecule has 3 aliphatic heterocycles. The molecule has 0 bridgehead atoms. The van der Waals surface area contributed by atoms with Crippen LogP contribution in [0.2, 0.25) is 0 Å². The number of hydrogen-bond donors (Lipinski definition) is 3. The Morgan fingerprint density at radius 1 is 0.822 bits per heavy atom. The third-order valence-corrected chi connectivity index (χ3v) is 6.91. The number of piperazine rings is 1. The van der Waals surface area contributed by atoms with Crippen LogP contribution in [-0.4, -0.2) is 131 Å². The van der Waals surface area contributed by atoms with E-state index >= 15 is 0 Å². The number of halogens is 9. The van der Waals surface area contributed by atoms with Gasteiger partial charge in [0.05, 0.1) is 18.7 Å². The zero-order valence-electron chi connectivity index (χ0n) is 24.3. The molecule has 0 aliphatic carbocycles. The lowest BCUT2D eigenvalue weighted by Gasteiger charge is -2.39. The number of fused-ring (bicyclic) bond motifs is 1. The van der Waals surface area contributed by atoms with Gasteiger partial charge in [0.15, 0.2) is 0 Å². The van der Waals surface area contributed by atoms with Crippen LogP contribution in [0.25, 0.3) is 0 Å². The van der Waals surface area contributed by atoms with E-state index < -0.39 is 36.4 Å². The maximum atomic E-state index is 10.6. The summed E-state index contributed by atoms with van der Waals surface area (Å²) in [6.45, 7) is 11.8. The molecule has 260 valence electrons. The summed E-state index contributed by atoms with van der Waals surface area (Å²) in [6, 6.07) is 3.30. The summed E-state index contributed by atoms with van der Waals surface area (Å²) in [4.78, 5) is 34.4. The average Bonchev–Trinajstić information content (AvgIpc) is 3.42. The van der Waals surface area contributed by atoms with E-state index in [9.17, 15) is 39.5 Å². The lowest BCUT2D eigenvalue weighted by atomic mass is 9.99. The number of alkyl halides is 9. The highest BCUT2D eigenvalue weighted by Gasteiger charge is 2.47. The molecule has 3 fully saturated rings. The van der Waals surface area contributed by atoms with Crippen LogP contribution in [0.1, 0.15) is 29.9 Å². The Hall–Kier alpha value is -3.10. The van der Waals surface area contributed by atoms with Crippen molar-refractivity contribution in [1.82, 2.24) is 14.7 Å². The van der Waals surface area contributed by atoms with Gasteiger partial charge in [-0.2, -0.15) is 39.5 Å². The lowest BCUT2D eigenvalue weighted by Crippen LogP contribution is -2.54. The second-order valence-electron chi connectivity index (χ2n) is 10.2. The quantitative estimate of drug-likeness (QED) is 0.403. The van der Waals surface area contributed by atoms with E-state index in [1.54, 1.807) is 0 Å². The van der Waals surface area contributed by atoms with E-state index in [1.807, 2.05) is 0 Å². The lowest BCUT2D eigenvalue weighted by molar-refractivity contribution is -0.193. The molecule has 45 heavy (non-hydrogen) atoms. The molecule has 1 aromatic rings. The van der Waals surface area contributed by atoms with Gasteiger partial charge in [0.2, 0.25) is 0 Å². The number of likely N-dealkylation sites (tertiary alicyclic amines) is 1. The van der Waals surface area contributed by atoms with E-state index in [4.69, 9.17) is 38.9 Å². The molecule has 0 aromatic carbocycles. The highest BCUT2D eigenvalue weighted by atomic mass is 19.4. The molecule has 3 atom stereocenters. The molecule has 4 rings (SSSR count). The van der Waals surface area contributed by atoms with Crippen molar-refractivity contribution in [2.24, 2.45) is 0 Å². The van der Waals surface area contributed by atoms with E-state index in [0.29, 0.717) is 18.2 Å². The van der Waals surface area contributed by atoms with Crippen LogP contribution in [-0.2, 0) is 25.7 Å². The summed E-state index contributed by atoms with van der Waals surface area (Å²) in [5, 5.41) is 21.4. The molecule has 0 saturated carbocycles.